The summed E-state index contributed by atoms with van der Waals surface area (Å²) in [7, 11) is 5.99. The van der Waals surface area contributed by atoms with Crippen molar-refractivity contribution >= 4 is 33.6 Å². The maximum Gasteiger partial charge on any atom is 0.150 e. The monoisotopic (exact) mass is 467 g/mol. The molecule has 0 fully saturated rings. The number of aromatic nitrogens is 4. The Bertz CT molecular complexity index is 1490. The van der Waals surface area contributed by atoms with Crippen LogP contribution in [0.5, 0.6) is 5.75 Å². The molecule has 3 N–H and O–H groups in total. The Morgan fingerprint density at radius 3 is 2.74 bits per heavy atom. The van der Waals surface area contributed by atoms with Crippen LogP contribution < -0.4 is 15.8 Å². The molecule has 0 amide bonds. The summed E-state index contributed by atoms with van der Waals surface area (Å²) < 4.78 is 8.20. The van der Waals surface area contributed by atoms with Crippen molar-refractivity contribution in [1.82, 2.24) is 24.4 Å². The molecule has 0 aliphatic carbocycles. The zero-order chi connectivity index (χ0) is 24.4. The Morgan fingerprint density at radius 2 is 1.91 bits per heavy atom. The second-order valence-corrected chi connectivity index (χ2v) is 8.79. The van der Waals surface area contributed by atoms with Gasteiger partial charge in [0.2, 0.25) is 0 Å². The molecule has 178 valence electrons. The van der Waals surface area contributed by atoms with Gasteiger partial charge in [-0.05, 0) is 68.0 Å². The van der Waals surface area contributed by atoms with E-state index in [-0.39, 0.29) is 0 Å². The first-order valence-corrected chi connectivity index (χ1v) is 11.6. The molecular weight excluding hydrogens is 438 g/mol. The van der Waals surface area contributed by atoms with Gasteiger partial charge in [0, 0.05) is 36.9 Å². The summed E-state index contributed by atoms with van der Waals surface area (Å²) >= 11 is 0. The van der Waals surface area contributed by atoms with Crippen molar-refractivity contribution in [1.29, 1.82) is 0 Å². The van der Waals surface area contributed by atoms with Crippen LogP contribution in [0, 0.1) is 0 Å². The van der Waals surface area contributed by atoms with E-state index in [9.17, 15) is 0 Å². The number of ether oxygens (including phenoxy) is 1. The van der Waals surface area contributed by atoms with E-state index in [0.717, 1.165) is 63.3 Å². The number of nitrogens with one attached hydrogen (secondary N) is 1. The molecular formula is C27H29N7O. The van der Waals surface area contributed by atoms with E-state index in [1.165, 1.54) is 6.33 Å². The van der Waals surface area contributed by atoms with Gasteiger partial charge in [-0.15, -0.1) is 0 Å². The van der Waals surface area contributed by atoms with Gasteiger partial charge in [-0.25, -0.2) is 15.0 Å². The molecule has 0 spiro atoms. The maximum atomic E-state index is 6.25. The molecule has 0 aliphatic rings. The van der Waals surface area contributed by atoms with E-state index >= 15 is 0 Å². The average Bonchev–Trinajstić information content (AvgIpc) is 3.26. The number of pyridine rings is 1. The Labute approximate surface area is 204 Å². The molecule has 0 saturated heterocycles. The predicted octanol–water partition coefficient (Wildman–Crippen LogP) is 4.28. The smallest absolute Gasteiger partial charge is 0.150 e. The van der Waals surface area contributed by atoms with E-state index in [4.69, 9.17) is 10.5 Å². The van der Waals surface area contributed by atoms with E-state index in [1.807, 2.05) is 43.4 Å². The molecule has 2 aromatic carbocycles. The predicted molar refractivity (Wildman–Crippen MR) is 141 cm³/mol. The van der Waals surface area contributed by atoms with Gasteiger partial charge in [0.15, 0.2) is 0 Å². The summed E-state index contributed by atoms with van der Waals surface area (Å²) in [6.45, 7) is 1.35. The summed E-state index contributed by atoms with van der Waals surface area (Å²) in [5, 5.41) is 5.07. The minimum atomic E-state index is 0.439. The van der Waals surface area contributed by atoms with E-state index in [1.54, 1.807) is 0 Å². The number of nitrogens with two attached hydrogens (primary N) is 1. The first-order chi connectivity index (χ1) is 17.0. The fourth-order valence-electron chi connectivity index (χ4n) is 4.18. The Hall–Kier alpha value is -4.17. The maximum absolute atomic E-state index is 6.25. The number of rotatable bonds is 8. The molecule has 0 saturated carbocycles. The zero-order valence-corrected chi connectivity index (χ0v) is 20.2. The normalized spacial score (nSPS) is 11.4. The van der Waals surface area contributed by atoms with Crippen LogP contribution in [0.25, 0.3) is 27.6 Å². The summed E-state index contributed by atoms with van der Waals surface area (Å²) in [4.78, 5) is 15.5. The number of hydrogen-bond acceptors (Lipinski definition) is 7. The zero-order valence-electron chi connectivity index (χ0n) is 20.2. The quantitative estimate of drug-likeness (QED) is 0.352. The highest BCUT2D eigenvalue weighted by Gasteiger charge is 2.15. The molecule has 0 atom stereocenters. The first-order valence-electron chi connectivity index (χ1n) is 11.6. The van der Waals surface area contributed by atoms with Gasteiger partial charge in [-0.3, -0.25) is 0 Å². The lowest BCUT2D eigenvalue weighted by atomic mass is 10.1. The topological polar surface area (TPSA) is 94.1 Å². The van der Waals surface area contributed by atoms with Crippen molar-refractivity contribution < 1.29 is 4.74 Å². The van der Waals surface area contributed by atoms with Crippen molar-refractivity contribution in [3.05, 3.63) is 78.2 Å². The van der Waals surface area contributed by atoms with Crippen molar-refractivity contribution in [3.8, 4) is 11.4 Å². The number of benzene rings is 2. The molecule has 0 unspecified atom stereocenters. The van der Waals surface area contributed by atoms with Gasteiger partial charge in [0.25, 0.3) is 0 Å². The van der Waals surface area contributed by atoms with Crippen LogP contribution in [-0.4, -0.2) is 52.1 Å². The number of hydrogen-bond donors (Lipinski definition) is 2. The number of fused-ring (bicyclic) bond motifs is 2. The second-order valence-electron chi connectivity index (χ2n) is 8.79. The third-order valence-corrected chi connectivity index (χ3v) is 6.03. The lowest BCUT2D eigenvalue weighted by Gasteiger charge is -2.10. The minimum absolute atomic E-state index is 0.439. The average molecular weight is 468 g/mol. The molecule has 0 bridgehead atoms. The van der Waals surface area contributed by atoms with Crippen molar-refractivity contribution in [3.63, 3.8) is 0 Å². The van der Waals surface area contributed by atoms with E-state index in [0.29, 0.717) is 12.4 Å². The van der Waals surface area contributed by atoms with Crippen LogP contribution in [0.15, 0.2) is 67.1 Å². The fourth-order valence-corrected chi connectivity index (χ4v) is 4.18. The third-order valence-electron chi connectivity index (χ3n) is 6.03. The molecule has 5 aromatic rings. The molecule has 3 heterocycles. The molecule has 35 heavy (non-hydrogen) atoms. The third kappa shape index (κ3) is 4.74. The van der Waals surface area contributed by atoms with Gasteiger partial charge >= 0.3 is 0 Å². The number of nitrogen functional groups attached to an aromatic ring is 1. The SMILES string of the molecule is CNc1ccc2ccc(OCc3cccc(-n4cc(CCN(C)C)c5c(N)ncnc54)c3)cc2n1. The lowest BCUT2D eigenvalue weighted by Crippen LogP contribution is -2.15. The lowest BCUT2D eigenvalue weighted by molar-refractivity contribution is 0.306. The van der Waals surface area contributed by atoms with Gasteiger partial charge in [0.05, 0.1) is 10.9 Å². The highest BCUT2D eigenvalue weighted by molar-refractivity contribution is 5.91. The number of likely N-dealkylation sites (N-methyl/N-ethyl adjacent to an activating group) is 1. The molecule has 0 radical (unpaired) electrons. The standard InChI is InChI=1S/C27H29N7O/c1-29-24-10-8-19-7-9-22(14-23(19)32-24)35-16-18-5-4-6-21(13-18)34-15-20(11-12-33(2)3)25-26(28)30-17-31-27(25)34/h4-10,13-15,17H,11-12,16H2,1-3H3,(H,29,32)(H2,28,30,31). The largest absolute Gasteiger partial charge is 0.489 e. The molecule has 0 aliphatic heterocycles. The van der Waals surface area contributed by atoms with Crippen LogP contribution in [0.2, 0.25) is 0 Å². The molecule has 8 heteroatoms. The second kappa shape index (κ2) is 9.60. The van der Waals surface area contributed by atoms with Crippen molar-refractivity contribution in [2.45, 2.75) is 13.0 Å². The van der Waals surface area contributed by atoms with Crippen LogP contribution in [0.1, 0.15) is 11.1 Å². The Morgan fingerprint density at radius 1 is 1.06 bits per heavy atom. The van der Waals surface area contributed by atoms with Gasteiger partial charge < -0.3 is 25.3 Å². The number of nitrogens with zero attached hydrogens (tertiary/aromatic N) is 5. The van der Waals surface area contributed by atoms with Gasteiger partial charge in [-0.2, -0.15) is 0 Å². The molecule has 8 nitrogen and oxygen atoms in total. The Balaban J connectivity index is 1.41. The fraction of sp³-hybridized carbons (Fsp3) is 0.222. The molecule has 3 aromatic heterocycles. The highest BCUT2D eigenvalue weighted by Crippen LogP contribution is 2.28. The van der Waals surface area contributed by atoms with E-state index in [2.05, 4.69) is 68.2 Å². The van der Waals surface area contributed by atoms with Crippen molar-refractivity contribution in [2.24, 2.45) is 0 Å². The number of anilines is 2. The van der Waals surface area contributed by atoms with Gasteiger partial charge in [0.1, 0.15) is 36.0 Å². The minimum Gasteiger partial charge on any atom is -0.489 e. The Kier molecular flexibility index (Phi) is 6.20. The summed E-state index contributed by atoms with van der Waals surface area (Å²) in [5.74, 6) is 2.12. The van der Waals surface area contributed by atoms with E-state index < -0.39 is 0 Å². The van der Waals surface area contributed by atoms with Crippen LogP contribution >= 0.6 is 0 Å². The van der Waals surface area contributed by atoms with Crippen LogP contribution in [-0.2, 0) is 13.0 Å². The summed E-state index contributed by atoms with van der Waals surface area (Å²) in [6, 6.07) is 18.3. The highest BCUT2D eigenvalue weighted by atomic mass is 16.5. The van der Waals surface area contributed by atoms with Gasteiger partial charge in [-0.1, -0.05) is 12.1 Å². The van der Waals surface area contributed by atoms with Crippen LogP contribution in [0.3, 0.4) is 0 Å². The first kappa shape index (κ1) is 22.6. The van der Waals surface area contributed by atoms with Crippen molar-refractivity contribution in [2.75, 3.05) is 38.7 Å². The molecule has 5 rings (SSSR count). The summed E-state index contributed by atoms with van der Waals surface area (Å²) in [5.41, 5.74) is 11.1. The summed E-state index contributed by atoms with van der Waals surface area (Å²) in [6.07, 6.45) is 4.50. The van der Waals surface area contributed by atoms with Crippen LogP contribution in [0.4, 0.5) is 11.6 Å².